The van der Waals surface area contributed by atoms with Gasteiger partial charge in [0.05, 0.1) is 24.4 Å². The van der Waals surface area contributed by atoms with Crippen LogP contribution < -0.4 is 20.1 Å². The number of carbonyl (C=O) groups excluding carboxylic acids is 1. The molecule has 1 aromatic heterocycles. The summed E-state index contributed by atoms with van der Waals surface area (Å²) in [5.41, 5.74) is 1.16. The molecule has 1 heterocycles. The van der Waals surface area contributed by atoms with E-state index in [-0.39, 0.29) is 11.0 Å². The second-order valence-corrected chi connectivity index (χ2v) is 7.02. The molecule has 0 aliphatic rings. The summed E-state index contributed by atoms with van der Waals surface area (Å²) in [4.78, 5) is 16.8. The standard InChI is InChI=1S/C17H14ClN3O3S2/c1-23-11-5-9(6-12(8-11)24-2)15(22)20-16(25)21-17-19-13-4-3-10(18)7-14(13)26-17/h3-8H,1-2H3,(H2,19,20,21,22,25). The van der Waals surface area contributed by atoms with Crippen LogP contribution in [0, 0.1) is 0 Å². The van der Waals surface area contributed by atoms with Crippen molar-refractivity contribution in [2.24, 2.45) is 0 Å². The Morgan fingerprint density at radius 2 is 1.85 bits per heavy atom. The summed E-state index contributed by atoms with van der Waals surface area (Å²) in [6.07, 6.45) is 0. The zero-order chi connectivity index (χ0) is 18.7. The second kappa shape index (κ2) is 7.86. The molecular formula is C17H14ClN3O3S2. The zero-order valence-corrected chi connectivity index (χ0v) is 16.2. The van der Waals surface area contributed by atoms with Crippen molar-refractivity contribution in [3.05, 3.63) is 47.0 Å². The average molecular weight is 408 g/mol. The number of anilines is 1. The summed E-state index contributed by atoms with van der Waals surface area (Å²) < 4.78 is 11.3. The van der Waals surface area contributed by atoms with Gasteiger partial charge in [0.1, 0.15) is 11.5 Å². The van der Waals surface area contributed by atoms with Crippen molar-refractivity contribution in [1.29, 1.82) is 0 Å². The predicted octanol–water partition coefficient (Wildman–Crippen LogP) is 4.09. The Morgan fingerprint density at radius 3 is 2.50 bits per heavy atom. The third-order valence-corrected chi connectivity index (χ3v) is 4.78. The van der Waals surface area contributed by atoms with Crippen LogP contribution in [0.1, 0.15) is 10.4 Å². The predicted molar refractivity (Wildman–Crippen MR) is 108 cm³/mol. The van der Waals surface area contributed by atoms with Crippen molar-refractivity contribution in [2.75, 3.05) is 19.5 Å². The van der Waals surface area contributed by atoms with Gasteiger partial charge in [0.25, 0.3) is 5.91 Å². The van der Waals surface area contributed by atoms with E-state index in [4.69, 9.17) is 33.3 Å². The molecule has 1 amide bonds. The largest absolute Gasteiger partial charge is 0.497 e. The Labute approximate surface area is 164 Å². The Balaban J connectivity index is 1.71. The number of thiazole rings is 1. The summed E-state index contributed by atoms with van der Waals surface area (Å²) in [5.74, 6) is 0.636. The number of thiocarbonyl (C=S) groups is 1. The van der Waals surface area contributed by atoms with Crippen LogP contribution in [0.3, 0.4) is 0 Å². The first-order valence-corrected chi connectivity index (χ1v) is 9.00. The van der Waals surface area contributed by atoms with E-state index in [9.17, 15) is 4.79 Å². The third kappa shape index (κ3) is 4.21. The number of rotatable bonds is 4. The fourth-order valence-electron chi connectivity index (χ4n) is 2.19. The fraction of sp³-hybridized carbons (Fsp3) is 0.118. The molecule has 0 unspecified atom stereocenters. The lowest BCUT2D eigenvalue weighted by Gasteiger charge is -2.10. The molecule has 0 bridgehead atoms. The van der Waals surface area contributed by atoms with Crippen molar-refractivity contribution in [1.82, 2.24) is 10.3 Å². The van der Waals surface area contributed by atoms with Gasteiger partial charge in [-0.25, -0.2) is 4.98 Å². The number of fused-ring (bicyclic) bond motifs is 1. The highest BCUT2D eigenvalue weighted by Crippen LogP contribution is 2.28. The molecule has 26 heavy (non-hydrogen) atoms. The van der Waals surface area contributed by atoms with E-state index in [0.29, 0.717) is 27.2 Å². The Kier molecular flexibility index (Phi) is 5.55. The SMILES string of the molecule is COc1cc(OC)cc(C(=O)NC(=S)Nc2nc3ccc(Cl)cc3s2)c1. The van der Waals surface area contributed by atoms with Crippen molar-refractivity contribution in [2.45, 2.75) is 0 Å². The Bertz CT molecular complexity index is 968. The van der Waals surface area contributed by atoms with Crippen molar-refractivity contribution in [3.8, 4) is 11.5 Å². The van der Waals surface area contributed by atoms with E-state index in [1.165, 1.54) is 25.6 Å². The molecule has 2 aromatic carbocycles. The number of methoxy groups -OCH3 is 2. The van der Waals surface area contributed by atoms with Crippen LogP contribution >= 0.6 is 35.2 Å². The summed E-state index contributed by atoms with van der Waals surface area (Å²) in [6.45, 7) is 0. The van der Waals surface area contributed by atoms with Gasteiger partial charge in [0.15, 0.2) is 10.2 Å². The van der Waals surface area contributed by atoms with Crippen LogP contribution in [-0.4, -0.2) is 30.2 Å². The summed E-state index contributed by atoms with van der Waals surface area (Å²) in [7, 11) is 3.03. The van der Waals surface area contributed by atoms with Crippen molar-refractivity contribution in [3.63, 3.8) is 0 Å². The molecule has 3 rings (SSSR count). The number of benzene rings is 2. The minimum atomic E-state index is -0.385. The fourth-order valence-corrected chi connectivity index (χ4v) is 3.59. The number of nitrogens with zero attached hydrogens (tertiary/aromatic N) is 1. The first kappa shape index (κ1) is 18.4. The first-order chi connectivity index (χ1) is 12.5. The quantitative estimate of drug-likeness (QED) is 0.634. The number of hydrogen-bond donors (Lipinski definition) is 2. The topological polar surface area (TPSA) is 72.5 Å². The van der Waals surface area contributed by atoms with E-state index in [0.717, 1.165) is 10.2 Å². The van der Waals surface area contributed by atoms with E-state index in [1.54, 1.807) is 24.3 Å². The summed E-state index contributed by atoms with van der Waals surface area (Å²) in [6, 6.07) is 10.3. The van der Waals surface area contributed by atoms with Gasteiger partial charge >= 0.3 is 0 Å². The van der Waals surface area contributed by atoms with Crippen molar-refractivity contribution < 1.29 is 14.3 Å². The zero-order valence-electron chi connectivity index (χ0n) is 13.8. The van der Waals surface area contributed by atoms with Gasteiger partial charge in [0, 0.05) is 16.7 Å². The highest BCUT2D eigenvalue weighted by Gasteiger charge is 2.13. The Morgan fingerprint density at radius 1 is 1.15 bits per heavy atom. The van der Waals surface area contributed by atoms with Gasteiger partial charge in [-0.3, -0.25) is 10.1 Å². The molecule has 0 aliphatic heterocycles. The van der Waals surface area contributed by atoms with Gasteiger partial charge in [0.2, 0.25) is 0 Å². The molecule has 0 saturated carbocycles. The maximum atomic E-state index is 12.4. The second-order valence-electron chi connectivity index (χ2n) is 5.14. The first-order valence-electron chi connectivity index (χ1n) is 7.40. The maximum absolute atomic E-state index is 12.4. The van der Waals surface area contributed by atoms with Gasteiger partial charge in [-0.05, 0) is 42.5 Å². The van der Waals surface area contributed by atoms with Crippen LogP contribution in [0.5, 0.6) is 11.5 Å². The van der Waals surface area contributed by atoms with Crippen LogP contribution in [0.25, 0.3) is 10.2 Å². The van der Waals surface area contributed by atoms with Crippen molar-refractivity contribution >= 4 is 61.5 Å². The molecule has 0 saturated heterocycles. The summed E-state index contributed by atoms with van der Waals surface area (Å²) in [5, 5.41) is 6.86. The Hall–Kier alpha value is -2.42. The van der Waals surface area contributed by atoms with Gasteiger partial charge < -0.3 is 14.8 Å². The average Bonchev–Trinajstić information content (AvgIpc) is 3.02. The molecule has 6 nitrogen and oxygen atoms in total. The molecule has 134 valence electrons. The van der Waals surface area contributed by atoms with Crippen LogP contribution in [-0.2, 0) is 0 Å². The molecular weight excluding hydrogens is 394 g/mol. The summed E-state index contributed by atoms with van der Waals surface area (Å²) >= 11 is 12.6. The number of aromatic nitrogens is 1. The lowest BCUT2D eigenvalue weighted by Crippen LogP contribution is -2.34. The number of ether oxygens (including phenoxy) is 2. The normalized spacial score (nSPS) is 10.4. The minimum absolute atomic E-state index is 0.141. The third-order valence-electron chi connectivity index (χ3n) is 3.41. The molecule has 0 fully saturated rings. The van der Waals surface area contributed by atoms with Gasteiger partial charge in [-0.2, -0.15) is 0 Å². The highest BCUT2D eigenvalue weighted by atomic mass is 35.5. The smallest absolute Gasteiger partial charge is 0.257 e. The lowest BCUT2D eigenvalue weighted by molar-refractivity contribution is 0.0977. The van der Waals surface area contributed by atoms with E-state index < -0.39 is 0 Å². The van der Waals surface area contributed by atoms with Crippen LogP contribution in [0.15, 0.2) is 36.4 Å². The number of hydrogen-bond acceptors (Lipinski definition) is 6. The van der Waals surface area contributed by atoms with E-state index in [1.807, 2.05) is 12.1 Å². The molecule has 3 aromatic rings. The number of nitrogens with one attached hydrogen (secondary N) is 2. The number of carbonyl (C=O) groups is 1. The molecule has 0 spiro atoms. The number of halogens is 1. The van der Waals surface area contributed by atoms with Gasteiger partial charge in [-0.15, -0.1) is 0 Å². The van der Waals surface area contributed by atoms with Crippen LogP contribution in [0.4, 0.5) is 5.13 Å². The lowest BCUT2D eigenvalue weighted by atomic mass is 10.2. The molecule has 9 heteroatoms. The monoisotopic (exact) mass is 407 g/mol. The van der Waals surface area contributed by atoms with Crippen LogP contribution in [0.2, 0.25) is 5.02 Å². The highest BCUT2D eigenvalue weighted by molar-refractivity contribution is 7.80. The van der Waals surface area contributed by atoms with Gasteiger partial charge in [-0.1, -0.05) is 22.9 Å². The molecule has 0 radical (unpaired) electrons. The maximum Gasteiger partial charge on any atom is 0.257 e. The molecule has 0 atom stereocenters. The van der Waals surface area contributed by atoms with E-state index in [2.05, 4.69) is 15.6 Å². The van der Waals surface area contributed by atoms with E-state index >= 15 is 0 Å². The number of amides is 1. The minimum Gasteiger partial charge on any atom is -0.497 e. The molecule has 2 N–H and O–H groups in total. The molecule has 0 aliphatic carbocycles.